The van der Waals surface area contributed by atoms with Crippen LogP contribution in [0.3, 0.4) is 0 Å². The van der Waals surface area contributed by atoms with Crippen LogP contribution in [0.4, 0.5) is 0 Å². The van der Waals surface area contributed by atoms with Crippen molar-refractivity contribution in [3.8, 4) is 0 Å². The predicted octanol–water partition coefficient (Wildman–Crippen LogP) is 3.56. The third-order valence-corrected chi connectivity index (χ3v) is 3.16. The lowest BCUT2D eigenvalue weighted by Crippen LogP contribution is -2.03. The molecule has 0 fully saturated rings. The largest absolute Gasteiger partial charge is 0.388 e. The van der Waals surface area contributed by atoms with Crippen LogP contribution in [0.15, 0.2) is 48.8 Å². The van der Waals surface area contributed by atoms with Gasteiger partial charge in [-0.25, -0.2) is 0 Å². The van der Waals surface area contributed by atoms with E-state index in [4.69, 9.17) is 0 Å². The van der Waals surface area contributed by atoms with Crippen LogP contribution in [-0.4, -0.2) is 10.1 Å². The molecule has 1 N–H and O–H groups in total. The van der Waals surface area contributed by atoms with Gasteiger partial charge >= 0.3 is 0 Å². The molecule has 1 heterocycles. The number of aliphatic hydroxyl groups is 1. The van der Waals surface area contributed by atoms with Gasteiger partial charge in [-0.15, -0.1) is 0 Å². The highest BCUT2D eigenvalue weighted by atomic mass is 16.3. The first-order valence-electron chi connectivity index (χ1n) is 6.81. The van der Waals surface area contributed by atoms with Gasteiger partial charge in [-0.1, -0.05) is 38.1 Å². The second-order valence-corrected chi connectivity index (χ2v) is 5.42. The molecule has 2 aromatic rings. The van der Waals surface area contributed by atoms with Crippen molar-refractivity contribution >= 4 is 0 Å². The molecule has 0 amide bonds. The summed E-state index contributed by atoms with van der Waals surface area (Å²) < 4.78 is 0. The number of aromatic nitrogens is 1. The molecule has 0 aliphatic heterocycles. The smallest absolute Gasteiger partial charge is 0.0830 e. The number of benzene rings is 1. The fraction of sp³-hybridized carbons (Fsp3) is 0.353. The Balaban J connectivity index is 2.08. The van der Waals surface area contributed by atoms with Gasteiger partial charge in [0.15, 0.2) is 0 Å². The van der Waals surface area contributed by atoms with Crippen molar-refractivity contribution in [2.24, 2.45) is 5.92 Å². The molecule has 0 radical (unpaired) electrons. The van der Waals surface area contributed by atoms with E-state index in [9.17, 15) is 5.11 Å². The van der Waals surface area contributed by atoms with E-state index in [1.165, 1.54) is 5.56 Å². The maximum atomic E-state index is 10.3. The van der Waals surface area contributed by atoms with Gasteiger partial charge in [-0.2, -0.15) is 0 Å². The summed E-state index contributed by atoms with van der Waals surface area (Å²) in [6.07, 6.45) is 4.76. The van der Waals surface area contributed by atoms with E-state index in [0.29, 0.717) is 12.3 Å². The molecule has 19 heavy (non-hydrogen) atoms. The molecule has 0 aliphatic carbocycles. The molecule has 0 bridgehead atoms. The van der Waals surface area contributed by atoms with E-state index in [1.807, 2.05) is 24.3 Å². The molecule has 1 aromatic heterocycles. The molecule has 0 spiro atoms. The van der Waals surface area contributed by atoms with Crippen molar-refractivity contribution < 1.29 is 5.11 Å². The van der Waals surface area contributed by atoms with Crippen molar-refractivity contribution in [3.05, 3.63) is 65.5 Å². The maximum Gasteiger partial charge on any atom is 0.0830 e. The molecule has 1 unspecified atom stereocenters. The normalized spacial score (nSPS) is 12.6. The molecule has 1 atom stereocenters. The maximum absolute atomic E-state index is 10.3. The van der Waals surface area contributed by atoms with E-state index in [1.54, 1.807) is 12.4 Å². The Morgan fingerprint density at radius 3 is 2.42 bits per heavy atom. The fourth-order valence-corrected chi connectivity index (χ4v) is 2.26. The molecule has 2 nitrogen and oxygen atoms in total. The van der Waals surface area contributed by atoms with Gasteiger partial charge in [0.2, 0.25) is 0 Å². The highest BCUT2D eigenvalue weighted by Gasteiger charge is 2.09. The summed E-state index contributed by atoms with van der Waals surface area (Å²) >= 11 is 0. The highest BCUT2D eigenvalue weighted by molar-refractivity contribution is 5.27. The zero-order valence-corrected chi connectivity index (χ0v) is 11.6. The molecule has 0 saturated heterocycles. The lowest BCUT2D eigenvalue weighted by atomic mass is 9.97. The minimum absolute atomic E-state index is 0.450. The van der Waals surface area contributed by atoms with Gasteiger partial charge in [-0.05, 0) is 41.2 Å². The average molecular weight is 255 g/mol. The van der Waals surface area contributed by atoms with Crippen LogP contribution in [0.5, 0.6) is 0 Å². The Morgan fingerprint density at radius 2 is 1.74 bits per heavy atom. The summed E-state index contributed by atoms with van der Waals surface area (Å²) in [4.78, 5) is 3.99. The Hall–Kier alpha value is -1.67. The van der Waals surface area contributed by atoms with Crippen molar-refractivity contribution in [2.75, 3.05) is 0 Å². The van der Waals surface area contributed by atoms with Crippen LogP contribution < -0.4 is 0 Å². The second-order valence-electron chi connectivity index (χ2n) is 5.42. The van der Waals surface area contributed by atoms with Crippen molar-refractivity contribution in [2.45, 2.75) is 32.8 Å². The molecular weight excluding hydrogens is 234 g/mol. The van der Waals surface area contributed by atoms with Crippen molar-refractivity contribution in [1.82, 2.24) is 4.98 Å². The van der Waals surface area contributed by atoms with Crippen LogP contribution in [-0.2, 0) is 12.8 Å². The number of aliphatic hydroxyl groups excluding tert-OH is 1. The first-order valence-corrected chi connectivity index (χ1v) is 6.81. The summed E-state index contributed by atoms with van der Waals surface area (Å²) in [5.41, 5.74) is 3.40. The van der Waals surface area contributed by atoms with E-state index in [0.717, 1.165) is 17.5 Å². The zero-order chi connectivity index (χ0) is 13.7. The summed E-state index contributed by atoms with van der Waals surface area (Å²) in [7, 11) is 0. The standard InChI is InChI=1S/C17H21NO/c1-13(2)10-15-4-3-5-16(11-15)17(19)12-14-6-8-18-9-7-14/h3-9,11,13,17,19H,10,12H2,1-2H3. The van der Waals surface area contributed by atoms with Crippen LogP contribution in [0.1, 0.15) is 36.6 Å². The minimum atomic E-state index is -0.450. The Bertz CT molecular complexity index is 508. The third-order valence-electron chi connectivity index (χ3n) is 3.16. The van der Waals surface area contributed by atoms with E-state index in [2.05, 4.69) is 31.0 Å². The number of pyridine rings is 1. The average Bonchev–Trinajstić information content (AvgIpc) is 2.39. The van der Waals surface area contributed by atoms with Gasteiger partial charge in [0.25, 0.3) is 0 Å². The van der Waals surface area contributed by atoms with E-state index in [-0.39, 0.29) is 0 Å². The molecule has 2 rings (SSSR count). The Morgan fingerprint density at radius 1 is 1.00 bits per heavy atom. The zero-order valence-electron chi connectivity index (χ0n) is 11.6. The van der Waals surface area contributed by atoms with Gasteiger partial charge in [0.1, 0.15) is 0 Å². The number of rotatable bonds is 5. The first-order chi connectivity index (χ1) is 9.15. The fourth-order valence-electron chi connectivity index (χ4n) is 2.26. The van der Waals surface area contributed by atoms with Crippen LogP contribution in [0.25, 0.3) is 0 Å². The van der Waals surface area contributed by atoms with Crippen LogP contribution >= 0.6 is 0 Å². The molecular formula is C17H21NO. The van der Waals surface area contributed by atoms with E-state index >= 15 is 0 Å². The molecule has 100 valence electrons. The molecule has 0 saturated carbocycles. The van der Waals surface area contributed by atoms with Gasteiger partial charge in [0, 0.05) is 18.8 Å². The Labute approximate surface area is 115 Å². The minimum Gasteiger partial charge on any atom is -0.388 e. The van der Waals surface area contributed by atoms with Gasteiger partial charge < -0.3 is 5.11 Å². The summed E-state index contributed by atoms with van der Waals surface area (Å²) in [5, 5.41) is 10.3. The second kappa shape index (κ2) is 6.48. The monoisotopic (exact) mass is 255 g/mol. The molecule has 2 heteroatoms. The number of nitrogens with zero attached hydrogens (tertiary/aromatic N) is 1. The molecule has 1 aromatic carbocycles. The lowest BCUT2D eigenvalue weighted by molar-refractivity contribution is 0.178. The highest BCUT2D eigenvalue weighted by Crippen LogP contribution is 2.20. The van der Waals surface area contributed by atoms with Crippen molar-refractivity contribution in [3.63, 3.8) is 0 Å². The third kappa shape index (κ3) is 4.18. The van der Waals surface area contributed by atoms with Gasteiger partial charge in [-0.3, -0.25) is 4.98 Å². The Kier molecular flexibility index (Phi) is 4.69. The summed E-state index contributed by atoms with van der Waals surface area (Å²) in [6, 6.07) is 12.2. The predicted molar refractivity (Wildman–Crippen MR) is 77.9 cm³/mol. The van der Waals surface area contributed by atoms with E-state index < -0.39 is 6.10 Å². The SMILES string of the molecule is CC(C)Cc1cccc(C(O)Cc2ccncc2)c1. The van der Waals surface area contributed by atoms with Crippen LogP contribution in [0.2, 0.25) is 0 Å². The molecule has 0 aliphatic rings. The van der Waals surface area contributed by atoms with Crippen LogP contribution in [0, 0.1) is 5.92 Å². The quantitative estimate of drug-likeness (QED) is 0.886. The van der Waals surface area contributed by atoms with Crippen molar-refractivity contribution in [1.29, 1.82) is 0 Å². The first kappa shape index (κ1) is 13.8. The topological polar surface area (TPSA) is 33.1 Å². The summed E-state index contributed by atoms with van der Waals surface area (Å²) in [6.45, 7) is 4.42. The number of hydrogen-bond donors (Lipinski definition) is 1. The van der Waals surface area contributed by atoms with Gasteiger partial charge in [0.05, 0.1) is 6.10 Å². The lowest BCUT2D eigenvalue weighted by Gasteiger charge is -2.13. The number of hydrogen-bond acceptors (Lipinski definition) is 2. The summed E-state index contributed by atoms with van der Waals surface area (Å²) in [5.74, 6) is 0.632.